The molecule has 1 nitrogen and oxygen atoms in total. The van der Waals surface area contributed by atoms with Crippen LogP contribution >= 0.6 is 34.8 Å². The van der Waals surface area contributed by atoms with Gasteiger partial charge in [-0.25, -0.2) is 0 Å². The molecule has 1 N–H and O–H groups in total. The topological polar surface area (TPSA) is 20.2 Å². The third-order valence-corrected chi connectivity index (χ3v) is 0.380. The second-order valence-electron chi connectivity index (χ2n) is 0.610. The van der Waals surface area contributed by atoms with E-state index in [1.165, 1.54) is 0 Å². The van der Waals surface area contributed by atoms with Crippen molar-refractivity contribution in [2.75, 3.05) is 6.56 Å². The van der Waals surface area contributed by atoms with Gasteiger partial charge in [-0.1, -0.05) is 34.8 Å². The molecule has 0 aromatic rings. The van der Waals surface area contributed by atoms with E-state index in [4.69, 9.17) is 42.7 Å². The summed E-state index contributed by atoms with van der Waals surface area (Å²) in [4.78, 5) is 0. The summed E-state index contributed by atoms with van der Waals surface area (Å²) in [5, 5.41) is 8.29. The highest BCUT2D eigenvalue weighted by atomic mass is 35.6. The molecule has 0 aliphatic rings. The van der Waals surface area contributed by atoms with Crippen LogP contribution in [0.15, 0.2) is 0 Å². The van der Waals surface area contributed by atoms with Gasteiger partial charge in [0.05, 0.1) is 9.30 Å². The fraction of sp³-hybridized carbons (Fsp3) is 1.00. The Bertz CT molecular complexity index is 70.3. The Balaban J connectivity index is 4.02. The summed E-state index contributed by atoms with van der Waals surface area (Å²) in [6, 6.07) is 0. The SMILES string of the molecule is [2H][13C]([2H])(O)[13C](Cl)(Cl)Cl. The lowest BCUT2D eigenvalue weighted by Gasteiger charge is -2.01. The summed E-state index contributed by atoms with van der Waals surface area (Å²) < 4.78 is 10.6. The van der Waals surface area contributed by atoms with Crippen LogP contribution in [0.4, 0.5) is 0 Å². The molecule has 0 heterocycles. The smallest absolute Gasteiger partial charge is 0.213 e. The van der Waals surface area contributed by atoms with E-state index in [1.807, 2.05) is 0 Å². The molecular formula is C2H3Cl3O. The largest absolute Gasteiger partial charge is 0.392 e. The maximum absolute atomic E-state index is 8.29. The van der Waals surface area contributed by atoms with Gasteiger partial charge in [0.25, 0.3) is 0 Å². The minimum atomic E-state index is -2.77. The van der Waals surface area contributed by atoms with Crippen LogP contribution in [0.3, 0.4) is 0 Å². The van der Waals surface area contributed by atoms with Gasteiger partial charge in [-0.2, -0.15) is 0 Å². The summed E-state index contributed by atoms with van der Waals surface area (Å²) in [5.41, 5.74) is 0. The zero-order valence-corrected chi connectivity index (χ0v) is 4.85. The van der Waals surface area contributed by atoms with Crippen LogP contribution < -0.4 is 0 Å². The molecule has 0 radical (unpaired) electrons. The summed E-state index contributed by atoms with van der Waals surface area (Å²) in [7, 11) is 0. The molecule has 0 aromatic heterocycles. The van der Waals surface area contributed by atoms with E-state index in [9.17, 15) is 0 Å². The van der Waals surface area contributed by atoms with Gasteiger partial charge in [-0.3, -0.25) is 0 Å². The minimum Gasteiger partial charge on any atom is -0.392 e. The van der Waals surface area contributed by atoms with Crippen molar-refractivity contribution < 1.29 is 7.85 Å². The molecule has 0 atom stereocenters. The van der Waals surface area contributed by atoms with E-state index in [0.717, 1.165) is 0 Å². The van der Waals surface area contributed by atoms with Gasteiger partial charge >= 0.3 is 0 Å². The lowest BCUT2D eigenvalue weighted by Crippen LogP contribution is -2.06. The molecule has 0 fully saturated rings. The summed E-state index contributed by atoms with van der Waals surface area (Å²) in [5.74, 6) is 0. The predicted molar refractivity (Wildman–Crippen MR) is 27.4 cm³/mol. The summed E-state index contributed by atoms with van der Waals surface area (Å²) in [6.45, 7) is -2.77. The molecule has 6 heavy (non-hydrogen) atoms. The Hall–Kier alpha value is 0.830. The normalized spacial score (nSPS) is 19.3. The molecule has 0 aliphatic carbocycles. The monoisotopic (exact) mass is 152 g/mol. The van der Waals surface area contributed by atoms with Gasteiger partial charge in [0.15, 0.2) is 0 Å². The van der Waals surface area contributed by atoms with Crippen LogP contribution in [0, 0.1) is 0 Å². The molecule has 0 aliphatic heterocycles. The van der Waals surface area contributed by atoms with Crippen molar-refractivity contribution in [3.8, 4) is 0 Å². The molecule has 0 saturated carbocycles. The predicted octanol–water partition coefficient (Wildman–Crippen LogP) is 1.35. The van der Waals surface area contributed by atoms with E-state index < -0.39 is 10.4 Å². The average Bonchev–Trinajstić information content (AvgIpc) is 1.25. The van der Waals surface area contributed by atoms with Gasteiger partial charge in [0.2, 0.25) is 3.79 Å². The van der Waals surface area contributed by atoms with Crippen LogP contribution in [-0.4, -0.2) is 15.5 Å². The first-order valence-corrected chi connectivity index (χ1v) is 2.17. The third kappa shape index (κ3) is 4.83. The van der Waals surface area contributed by atoms with Crippen LogP contribution in [0.25, 0.3) is 0 Å². The second-order valence-corrected chi connectivity index (χ2v) is 2.89. The molecule has 38 valence electrons. The maximum Gasteiger partial charge on any atom is 0.213 e. The quantitative estimate of drug-likeness (QED) is 0.411. The van der Waals surface area contributed by atoms with Gasteiger partial charge in [-0.15, -0.1) is 0 Å². The average molecular weight is 153 g/mol. The van der Waals surface area contributed by atoms with Crippen LogP contribution in [-0.2, 0) is 0 Å². The Labute approximate surface area is 53.6 Å². The minimum absolute atomic E-state index is 2.26. The van der Waals surface area contributed by atoms with E-state index >= 15 is 0 Å². The number of alkyl halides is 3. The highest BCUT2D eigenvalue weighted by Crippen LogP contribution is 2.23. The van der Waals surface area contributed by atoms with Crippen molar-refractivity contribution in [2.45, 2.75) is 3.79 Å². The molecule has 0 saturated heterocycles. The Morgan fingerprint density at radius 2 is 1.83 bits per heavy atom. The van der Waals surface area contributed by atoms with Crippen molar-refractivity contribution in [1.82, 2.24) is 0 Å². The first-order valence-electron chi connectivity index (χ1n) is 2.04. The van der Waals surface area contributed by atoms with E-state index in [2.05, 4.69) is 0 Å². The van der Waals surface area contributed by atoms with E-state index in [0.29, 0.717) is 0 Å². The molecule has 0 unspecified atom stereocenters. The van der Waals surface area contributed by atoms with Crippen molar-refractivity contribution in [3.05, 3.63) is 0 Å². The lowest BCUT2D eigenvalue weighted by molar-refractivity contribution is 0.303. The van der Waals surface area contributed by atoms with Crippen LogP contribution in [0.2, 0.25) is 0 Å². The number of aliphatic hydroxyl groups is 1. The molecule has 0 bridgehead atoms. The van der Waals surface area contributed by atoms with Crippen molar-refractivity contribution >= 4 is 34.8 Å². The highest BCUT2D eigenvalue weighted by molar-refractivity contribution is 6.67. The zero-order valence-electron chi connectivity index (χ0n) is 4.58. The summed E-state index contributed by atoms with van der Waals surface area (Å²) >= 11 is 14.7. The Morgan fingerprint density at radius 1 is 1.67 bits per heavy atom. The number of halogens is 3. The molecule has 0 rings (SSSR count). The first-order chi connectivity index (χ1) is 3.25. The fourth-order valence-electron chi connectivity index (χ4n) is 0. The number of hydrogen-bond donors (Lipinski definition) is 1. The van der Waals surface area contributed by atoms with Gasteiger partial charge in [0, 0.05) is 0 Å². The van der Waals surface area contributed by atoms with Gasteiger partial charge in [0.1, 0.15) is 0 Å². The standard InChI is InChI=1S/C2H3Cl3O/c3-2(4,5)1-6/h6H,1H2/i1+1D2,2+1. The highest BCUT2D eigenvalue weighted by Gasteiger charge is 2.16. The van der Waals surface area contributed by atoms with Crippen molar-refractivity contribution in [3.63, 3.8) is 0 Å². The maximum atomic E-state index is 8.29. The lowest BCUT2D eigenvalue weighted by atomic mass is 11.8. The van der Waals surface area contributed by atoms with Crippen molar-refractivity contribution in [1.29, 1.82) is 0 Å². The Morgan fingerprint density at radius 3 is 1.83 bits per heavy atom. The van der Waals surface area contributed by atoms with Crippen LogP contribution in [0.1, 0.15) is 2.74 Å². The molecular weight excluding hydrogens is 148 g/mol. The Kier molecular flexibility index (Phi) is 1.40. The van der Waals surface area contributed by atoms with E-state index in [1.54, 1.807) is 0 Å². The van der Waals surface area contributed by atoms with Crippen molar-refractivity contribution in [2.24, 2.45) is 0 Å². The molecule has 0 aromatic carbocycles. The van der Waals surface area contributed by atoms with Gasteiger partial charge in [-0.05, 0) is 0 Å². The first kappa shape index (κ1) is 3.79. The second kappa shape index (κ2) is 2.22. The van der Waals surface area contributed by atoms with Gasteiger partial charge < -0.3 is 5.11 Å². The molecule has 4 heteroatoms. The number of rotatable bonds is 0. The van der Waals surface area contributed by atoms with Crippen LogP contribution in [0.5, 0.6) is 0 Å². The zero-order chi connectivity index (χ0) is 7.00. The molecule has 0 amide bonds. The van der Waals surface area contributed by atoms with E-state index in [-0.39, 0.29) is 0 Å². The fourth-order valence-corrected chi connectivity index (χ4v) is 0. The summed E-state index contributed by atoms with van der Waals surface area (Å²) in [6.07, 6.45) is 0. The number of hydrogen-bond acceptors (Lipinski definition) is 1. The third-order valence-electron chi connectivity index (χ3n) is 0.127. The molecule has 0 spiro atoms.